The minimum atomic E-state index is -0.294. The highest BCUT2D eigenvalue weighted by molar-refractivity contribution is 9.10. The number of rotatable bonds is 5. The van der Waals surface area contributed by atoms with Gasteiger partial charge < -0.3 is 11.1 Å². The second-order valence-electron chi connectivity index (χ2n) is 4.23. The van der Waals surface area contributed by atoms with Gasteiger partial charge in [0.05, 0.1) is 5.69 Å². The third-order valence-corrected chi connectivity index (χ3v) is 4.57. The highest BCUT2D eigenvalue weighted by Crippen LogP contribution is 2.32. The van der Waals surface area contributed by atoms with Crippen LogP contribution >= 0.6 is 39.9 Å². The summed E-state index contributed by atoms with van der Waals surface area (Å²) in [6, 6.07) is 10.3. The molecular formula is C15H14BrFN2S2. The molecule has 0 aliphatic heterocycles. The van der Waals surface area contributed by atoms with Crippen molar-refractivity contribution < 1.29 is 4.39 Å². The lowest BCUT2D eigenvalue weighted by Crippen LogP contribution is -2.13. The van der Waals surface area contributed by atoms with Crippen LogP contribution in [0.4, 0.5) is 15.8 Å². The number of thioether (sulfide) groups is 1. The van der Waals surface area contributed by atoms with Gasteiger partial charge in [-0.2, -0.15) is 0 Å². The number of hydrogen-bond acceptors (Lipinski definition) is 3. The summed E-state index contributed by atoms with van der Waals surface area (Å²) >= 11 is 10.2. The first-order valence-electron chi connectivity index (χ1n) is 6.30. The third-order valence-electron chi connectivity index (χ3n) is 2.77. The molecule has 2 aromatic rings. The zero-order chi connectivity index (χ0) is 15.4. The normalized spacial score (nSPS) is 10.4. The standard InChI is InChI=1S/C15H14BrFN2S2/c1-2-21-13-5-3-4-12(14(13)15(18)20)19-11-7-6-9(17)8-10(11)16/h3-8,19H,2H2,1H3,(H2,18,20). The van der Waals surface area contributed by atoms with Gasteiger partial charge in [-0.25, -0.2) is 4.39 Å². The third kappa shape index (κ3) is 3.96. The Morgan fingerprint density at radius 2 is 2.10 bits per heavy atom. The van der Waals surface area contributed by atoms with Gasteiger partial charge in [0.15, 0.2) is 0 Å². The molecule has 0 unspecified atom stereocenters. The van der Waals surface area contributed by atoms with Crippen LogP contribution in [0.15, 0.2) is 45.8 Å². The SMILES string of the molecule is CCSc1cccc(Nc2ccc(F)cc2Br)c1C(N)=S. The molecule has 0 bridgehead atoms. The molecular weight excluding hydrogens is 371 g/mol. The number of nitrogens with two attached hydrogens (primary N) is 1. The van der Waals surface area contributed by atoms with Crippen LogP contribution in [0, 0.1) is 5.82 Å². The van der Waals surface area contributed by atoms with Crippen molar-refractivity contribution in [2.24, 2.45) is 5.73 Å². The van der Waals surface area contributed by atoms with Gasteiger partial charge in [-0.15, -0.1) is 11.8 Å². The molecule has 21 heavy (non-hydrogen) atoms. The Morgan fingerprint density at radius 3 is 2.71 bits per heavy atom. The summed E-state index contributed by atoms with van der Waals surface area (Å²) in [7, 11) is 0. The smallest absolute Gasteiger partial charge is 0.124 e. The van der Waals surface area contributed by atoms with Crippen LogP contribution in [-0.2, 0) is 0 Å². The average molecular weight is 385 g/mol. The molecule has 6 heteroatoms. The second kappa shape index (κ2) is 7.24. The summed E-state index contributed by atoms with van der Waals surface area (Å²) < 4.78 is 13.8. The summed E-state index contributed by atoms with van der Waals surface area (Å²) in [5.74, 6) is 0.636. The maximum Gasteiger partial charge on any atom is 0.124 e. The predicted molar refractivity (Wildman–Crippen MR) is 96.1 cm³/mol. The van der Waals surface area contributed by atoms with Gasteiger partial charge in [0.1, 0.15) is 10.8 Å². The quantitative estimate of drug-likeness (QED) is 0.556. The van der Waals surface area contributed by atoms with Crippen LogP contribution in [0.2, 0.25) is 0 Å². The molecule has 0 radical (unpaired) electrons. The van der Waals surface area contributed by atoms with E-state index in [9.17, 15) is 4.39 Å². The van der Waals surface area contributed by atoms with Crippen molar-refractivity contribution >= 4 is 56.3 Å². The van der Waals surface area contributed by atoms with E-state index in [0.717, 1.165) is 27.6 Å². The van der Waals surface area contributed by atoms with Crippen LogP contribution < -0.4 is 11.1 Å². The number of nitrogens with one attached hydrogen (secondary N) is 1. The van der Waals surface area contributed by atoms with E-state index in [4.69, 9.17) is 18.0 Å². The zero-order valence-electron chi connectivity index (χ0n) is 11.3. The predicted octanol–water partition coefficient (Wildman–Crippen LogP) is 5.08. The van der Waals surface area contributed by atoms with E-state index in [1.54, 1.807) is 17.8 Å². The maximum atomic E-state index is 13.2. The van der Waals surface area contributed by atoms with E-state index in [1.165, 1.54) is 12.1 Å². The van der Waals surface area contributed by atoms with E-state index >= 15 is 0 Å². The van der Waals surface area contributed by atoms with Crippen LogP contribution in [0.3, 0.4) is 0 Å². The lowest BCUT2D eigenvalue weighted by molar-refractivity contribution is 0.627. The molecule has 0 amide bonds. The summed E-state index contributed by atoms with van der Waals surface area (Å²) in [5.41, 5.74) is 8.25. The van der Waals surface area contributed by atoms with Gasteiger partial charge in [-0.05, 0) is 52.0 Å². The van der Waals surface area contributed by atoms with Gasteiger partial charge in [0, 0.05) is 20.6 Å². The van der Waals surface area contributed by atoms with Crippen LogP contribution in [0.25, 0.3) is 0 Å². The van der Waals surface area contributed by atoms with Crippen molar-refractivity contribution in [1.29, 1.82) is 0 Å². The molecule has 0 heterocycles. The lowest BCUT2D eigenvalue weighted by atomic mass is 10.1. The number of benzene rings is 2. The van der Waals surface area contributed by atoms with E-state index in [2.05, 4.69) is 28.2 Å². The second-order valence-corrected chi connectivity index (χ2v) is 6.83. The van der Waals surface area contributed by atoms with E-state index < -0.39 is 0 Å². The highest BCUT2D eigenvalue weighted by atomic mass is 79.9. The fraction of sp³-hybridized carbons (Fsp3) is 0.133. The first-order chi connectivity index (χ1) is 10.0. The lowest BCUT2D eigenvalue weighted by Gasteiger charge is -2.15. The average Bonchev–Trinajstić information content (AvgIpc) is 2.42. The molecule has 0 aromatic heterocycles. The van der Waals surface area contributed by atoms with Crippen molar-refractivity contribution in [1.82, 2.24) is 0 Å². The molecule has 0 aliphatic rings. The fourth-order valence-electron chi connectivity index (χ4n) is 1.90. The van der Waals surface area contributed by atoms with Crippen molar-refractivity contribution in [3.63, 3.8) is 0 Å². The van der Waals surface area contributed by atoms with Crippen LogP contribution in [0.5, 0.6) is 0 Å². The molecule has 0 saturated heterocycles. The Morgan fingerprint density at radius 1 is 1.33 bits per heavy atom. The summed E-state index contributed by atoms with van der Waals surface area (Å²) in [6.07, 6.45) is 0. The van der Waals surface area contributed by atoms with Gasteiger partial charge in [0.2, 0.25) is 0 Å². The molecule has 3 N–H and O–H groups in total. The minimum absolute atomic E-state index is 0.294. The molecule has 2 aromatic carbocycles. The van der Waals surface area contributed by atoms with E-state index in [1.807, 2.05) is 18.2 Å². The summed E-state index contributed by atoms with van der Waals surface area (Å²) in [4.78, 5) is 1.38. The van der Waals surface area contributed by atoms with Gasteiger partial charge >= 0.3 is 0 Å². The summed E-state index contributed by atoms with van der Waals surface area (Å²) in [5, 5.41) is 3.25. The fourth-order valence-corrected chi connectivity index (χ4v) is 3.49. The number of hydrogen-bond donors (Lipinski definition) is 2. The van der Waals surface area contributed by atoms with Crippen molar-refractivity contribution in [2.45, 2.75) is 11.8 Å². The Balaban J connectivity index is 2.43. The number of thiocarbonyl (C=S) groups is 1. The van der Waals surface area contributed by atoms with Crippen molar-refractivity contribution in [2.75, 3.05) is 11.1 Å². The Hall–Kier alpha value is -1.11. The maximum absolute atomic E-state index is 13.2. The Labute approximate surface area is 141 Å². The van der Waals surface area contributed by atoms with Crippen molar-refractivity contribution in [3.05, 3.63) is 52.3 Å². The molecule has 0 saturated carbocycles. The molecule has 2 rings (SSSR count). The molecule has 0 atom stereocenters. The highest BCUT2D eigenvalue weighted by Gasteiger charge is 2.12. The topological polar surface area (TPSA) is 38.0 Å². The largest absolute Gasteiger partial charge is 0.389 e. The summed E-state index contributed by atoms with van der Waals surface area (Å²) in [6.45, 7) is 2.07. The zero-order valence-corrected chi connectivity index (χ0v) is 14.5. The van der Waals surface area contributed by atoms with Crippen LogP contribution in [-0.4, -0.2) is 10.7 Å². The van der Waals surface area contributed by atoms with Gasteiger partial charge in [-0.3, -0.25) is 0 Å². The molecule has 0 aliphatic carbocycles. The molecule has 110 valence electrons. The van der Waals surface area contributed by atoms with Crippen molar-refractivity contribution in [3.8, 4) is 0 Å². The van der Waals surface area contributed by atoms with E-state index in [-0.39, 0.29) is 5.82 Å². The minimum Gasteiger partial charge on any atom is -0.389 e. The van der Waals surface area contributed by atoms with Gasteiger partial charge in [0.25, 0.3) is 0 Å². The molecule has 0 fully saturated rings. The monoisotopic (exact) mass is 384 g/mol. The first kappa shape index (κ1) is 16.3. The molecule has 0 spiro atoms. The number of anilines is 2. The Bertz CT molecular complexity index is 677. The van der Waals surface area contributed by atoms with E-state index in [0.29, 0.717) is 9.46 Å². The van der Waals surface area contributed by atoms with Gasteiger partial charge in [-0.1, -0.05) is 25.2 Å². The molecule has 2 nitrogen and oxygen atoms in total. The van der Waals surface area contributed by atoms with Crippen LogP contribution in [0.1, 0.15) is 12.5 Å². The number of halogens is 2. The Kier molecular flexibility index (Phi) is 5.61. The first-order valence-corrected chi connectivity index (χ1v) is 8.49.